The number of alkyl halides is 3. The van der Waals surface area contributed by atoms with Crippen LogP contribution in [-0.4, -0.2) is 11.0 Å². The van der Waals surface area contributed by atoms with E-state index < -0.39 is 22.8 Å². The molecule has 0 aliphatic heterocycles. The van der Waals surface area contributed by atoms with E-state index >= 15 is 0 Å². The van der Waals surface area contributed by atoms with Gasteiger partial charge in [0.15, 0.2) is 5.78 Å². The fourth-order valence-corrected chi connectivity index (χ4v) is 2.08. The van der Waals surface area contributed by atoms with Gasteiger partial charge < -0.3 is 0 Å². The first-order valence-corrected chi connectivity index (χ1v) is 6.85. The summed E-state index contributed by atoms with van der Waals surface area (Å²) in [5.41, 5.74) is -0.0153. The van der Waals surface area contributed by atoms with Gasteiger partial charge in [0.1, 0.15) is 0 Å². The Morgan fingerprint density at radius 2 is 1.57 bits per heavy atom. The van der Waals surface area contributed by atoms with E-state index in [1.165, 1.54) is 18.2 Å². The highest BCUT2D eigenvalue weighted by Crippen LogP contribution is 2.29. The lowest BCUT2D eigenvalue weighted by Crippen LogP contribution is -2.05. The second kappa shape index (κ2) is 6.79. The quantitative estimate of drug-likeness (QED) is 0.447. The van der Waals surface area contributed by atoms with Crippen LogP contribution in [-0.2, 0) is 6.18 Å². The van der Waals surface area contributed by atoms with Crippen LogP contribution >= 0.6 is 11.6 Å². The van der Waals surface area contributed by atoms with E-state index in [9.17, 15) is 22.8 Å². The lowest BCUT2D eigenvalue weighted by molar-refractivity contribution is -0.137. The third kappa shape index (κ3) is 4.29. The van der Waals surface area contributed by atoms with Crippen molar-refractivity contribution >= 4 is 28.7 Å². The molecular weight excluding hydrogens is 329 g/mol. The van der Waals surface area contributed by atoms with E-state index in [2.05, 4.69) is 0 Å². The van der Waals surface area contributed by atoms with Crippen LogP contribution in [0.1, 0.15) is 31.8 Å². The lowest BCUT2D eigenvalue weighted by Gasteiger charge is -2.06. The Morgan fingerprint density at radius 1 is 0.957 bits per heavy atom. The van der Waals surface area contributed by atoms with Crippen LogP contribution in [0.5, 0.6) is 0 Å². The highest BCUT2D eigenvalue weighted by atomic mass is 35.5. The molecule has 0 radical (unpaired) electrons. The maximum absolute atomic E-state index is 12.5. The molecule has 0 unspecified atom stereocenters. The highest BCUT2D eigenvalue weighted by molar-refractivity contribution is 6.68. The van der Waals surface area contributed by atoms with Crippen molar-refractivity contribution in [3.8, 4) is 0 Å². The molecule has 0 saturated heterocycles. The van der Waals surface area contributed by atoms with Gasteiger partial charge in [0, 0.05) is 11.1 Å². The summed E-state index contributed by atoms with van der Waals surface area (Å²) in [6.45, 7) is 0. The molecule has 0 N–H and O–H groups in total. The fourth-order valence-electron chi connectivity index (χ4n) is 1.91. The SMILES string of the molecule is O=C(C=Cc1ccccc1C(=O)Cl)c1ccc(C(F)(F)F)cc1. The summed E-state index contributed by atoms with van der Waals surface area (Å²) in [6.07, 6.45) is -1.87. The number of rotatable bonds is 4. The average Bonchev–Trinajstić information content (AvgIpc) is 2.52. The van der Waals surface area contributed by atoms with E-state index in [-0.39, 0.29) is 11.1 Å². The molecule has 2 nitrogen and oxygen atoms in total. The number of hydrogen-bond donors (Lipinski definition) is 0. The van der Waals surface area contributed by atoms with Crippen LogP contribution in [0, 0.1) is 0 Å². The van der Waals surface area contributed by atoms with E-state index in [1.54, 1.807) is 18.2 Å². The summed E-state index contributed by atoms with van der Waals surface area (Å²) in [5.74, 6) is -0.476. The zero-order valence-electron chi connectivity index (χ0n) is 11.6. The third-order valence-electron chi connectivity index (χ3n) is 3.08. The predicted octanol–water partition coefficient (Wildman–Crippen LogP) is 4.98. The Hall–Kier alpha value is -2.40. The van der Waals surface area contributed by atoms with Crippen molar-refractivity contribution in [2.75, 3.05) is 0 Å². The molecule has 0 aliphatic rings. The Kier molecular flexibility index (Phi) is 5.01. The molecule has 0 amide bonds. The normalized spacial score (nSPS) is 11.7. The summed E-state index contributed by atoms with van der Waals surface area (Å²) >= 11 is 5.44. The van der Waals surface area contributed by atoms with E-state index in [0.717, 1.165) is 24.3 Å². The van der Waals surface area contributed by atoms with Crippen molar-refractivity contribution < 1.29 is 22.8 Å². The smallest absolute Gasteiger partial charge is 0.289 e. The van der Waals surface area contributed by atoms with Crippen LogP contribution in [0.25, 0.3) is 6.08 Å². The third-order valence-corrected chi connectivity index (χ3v) is 3.29. The molecule has 0 aliphatic carbocycles. The number of carbonyl (C=O) groups excluding carboxylic acids is 2. The Labute approximate surface area is 135 Å². The minimum Gasteiger partial charge on any atom is -0.289 e. The first kappa shape index (κ1) is 17.0. The summed E-state index contributed by atoms with van der Waals surface area (Å²) in [5, 5.41) is -0.660. The first-order chi connectivity index (χ1) is 10.8. The predicted molar refractivity (Wildman–Crippen MR) is 81.4 cm³/mol. The van der Waals surface area contributed by atoms with Gasteiger partial charge in [0.25, 0.3) is 5.24 Å². The van der Waals surface area contributed by atoms with E-state index in [4.69, 9.17) is 11.6 Å². The van der Waals surface area contributed by atoms with Gasteiger partial charge in [-0.15, -0.1) is 0 Å². The largest absolute Gasteiger partial charge is 0.416 e. The topological polar surface area (TPSA) is 34.1 Å². The molecule has 118 valence electrons. The van der Waals surface area contributed by atoms with Crippen molar-refractivity contribution in [2.24, 2.45) is 0 Å². The maximum Gasteiger partial charge on any atom is 0.416 e. The maximum atomic E-state index is 12.5. The molecule has 0 bridgehead atoms. The summed E-state index contributed by atoms with van der Waals surface area (Å²) < 4.78 is 37.4. The summed E-state index contributed by atoms with van der Waals surface area (Å²) in [4.78, 5) is 23.2. The lowest BCUT2D eigenvalue weighted by atomic mass is 10.0. The van der Waals surface area contributed by atoms with Crippen molar-refractivity contribution in [3.05, 3.63) is 76.9 Å². The van der Waals surface area contributed by atoms with Gasteiger partial charge >= 0.3 is 6.18 Å². The van der Waals surface area contributed by atoms with Gasteiger partial charge in [-0.2, -0.15) is 13.2 Å². The summed E-state index contributed by atoms with van der Waals surface area (Å²) in [6, 6.07) is 10.3. The molecule has 2 aromatic rings. The van der Waals surface area contributed by atoms with Crippen molar-refractivity contribution in [3.63, 3.8) is 0 Å². The second-order valence-electron chi connectivity index (χ2n) is 4.63. The van der Waals surface area contributed by atoms with Crippen molar-refractivity contribution in [1.29, 1.82) is 0 Å². The van der Waals surface area contributed by atoms with E-state index in [1.807, 2.05) is 0 Å². The Morgan fingerprint density at radius 3 is 2.13 bits per heavy atom. The Balaban J connectivity index is 2.21. The van der Waals surface area contributed by atoms with Gasteiger partial charge in [-0.1, -0.05) is 36.4 Å². The Bertz CT molecular complexity index is 762. The van der Waals surface area contributed by atoms with Gasteiger partial charge in [-0.3, -0.25) is 9.59 Å². The molecule has 6 heteroatoms. The molecule has 0 fully saturated rings. The standard InChI is InChI=1S/C17H10ClF3O2/c18-16(23)14-4-2-1-3-11(14)7-10-15(22)12-5-8-13(9-6-12)17(19,20)21/h1-10H. The van der Waals surface area contributed by atoms with Gasteiger partial charge in [0.05, 0.1) is 5.56 Å². The van der Waals surface area contributed by atoms with Crippen LogP contribution in [0.4, 0.5) is 13.2 Å². The molecule has 0 atom stereocenters. The van der Waals surface area contributed by atoms with Crippen LogP contribution < -0.4 is 0 Å². The average molecular weight is 339 g/mol. The van der Waals surface area contributed by atoms with Gasteiger partial charge in [-0.05, 0) is 41.4 Å². The number of carbonyl (C=O) groups is 2. The van der Waals surface area contributed by atoms with Crippen LogP contribution in [0.3, 0.4) is 0 Å². The number of ketones is 1. The fraction of sp³-hybridized carbons (Fsp3) is 0.0588. The zero-order chi connectivity index (χ0) is 17.0. The molecule has 0 heterocycles. The molecule has 23 heavy (non-hydrogen) atoms. The molecule has 0 saturated carbocycles. The molecule has 0 aromatic heterocycles. The molecule has 2 rings (SSSR count). The number of allylic oxidation sites excluding steroid dienone is 1. The molecule has 2 aromatic carbocycles. The van der Waals surface area contributed by atoms with E-state index in [0.29, 0.717) is 5.56 Å². The molecule has 0 spiro atoms. The number of hydrogen-bond acceptors (Lipinski definition) is 2. The van der Waals surface area contributed by atoms with Crippen molar-refractivity contribution in [2.45, 2.75) is 6.18 Å². The summed E-state index contributed by atoms with van der Waals surface area (Å²) in [7, 11) is 0. The molecular formula is C17H10ClF3O2. The van der Waals surface area contributed by atoms with Crippen molar-refractivity contribution in [1.82, 2.24) is 0 Å². The number of benzene rings is 2. The van der Waals surface area contributed by atoms with Crippen LogP contribution in [0.15, 0.2) is 54.6 Å². The monoisotopic (exact) mass is 338 g/mol. The van der Waals surface area contributed by atoms with Gasteiger partial charge in [0.2, 0.25) is 0 Å². The zero-order valence-corrected chi connectivity index (χ0v) is 12.4. The minimum absolute atomic E-state index is 0.115. The van der Waals surface area contributed by atoms with Crippen LogP contribution in [0.2, 0.25) is 0 Å². The number of halogens is 4. The highest BCUT2D eigenvalue weighted by Gasteiger charge is 2.30. The minimum atomic E-state index is -4.45. The second-order valence-corrected chi connectivity index (χ2v) is 4.98. The van der Waals surface area contributed by atoms with Gasteiger partial charge in [-0.25, -0.2) is 0 Å². The first-order valence-electron chi connectivity index (χ1n) is 6.47.